The molecule has 0 aromatic heterocycles. The van der Waals surface area contributed by atoms with E-state index in [2.05, 4.69) is 70.1 Å². The van der Waals surface area contributed by atoms with Crippen LogP contribution in [-0.2, 0) is 0 Å². The normalized spacial score (nSPS) is 37.6. The van der Waals surface area contributed by atoms with Crippen molar-refractivity contribution in [2.45, 2.75) is 111 Å². The molecule has 3 heterocycles. The molecule has 152 valence electrons. The Balaban J connectivity index is 0.000000151. The Morgan fingerprint density at radius 3 is 1.31 bits per heavy atom. The molecule has 4 rings (SSSR count). The number of piperidine rings is 1. The molecule has 0 N–H and O–H groups in total. The molecule has 0 spiro atoms. The van der Waals surface area contributed by atoms with Gasteiger partial charge in [-0.1, -0.05) is 13.8 Å². The molecule has 3 saturated heterocycles. The zero-order valence-electron chi connectivity index (χ0n) is 18.8. The van der Waals surface area contributed by atoms with E-state index in [1.165, 1.54) is 38.9 Å². The van der Waals surface area contributed by atoms with Crippen LogP contribution in [0.25, 0.3) is 0 Å². The summed E-state index contributed by atoms with van der Waals surface area (Å²) >= 11 is 0. The molecule has 4 aliphatic rings. The summed E-state index contributed by atoms with van der Waals surface area (Å²) in [6, 6.07) is 4.88. The van der Waals surface area contributed by atoms with E-state index in [4.69, 9.17) is 0 Å². The molecular formula is C23H45N3. The van der Waals surface area contributed by atoms with Gasteiger partial charge in [0.25, 0.3) is 0 Å². The van der Waals surface area contributed by atoms with E-state index >= 15 is 0 Å². The van der Waals surface area contributed by atoms with Crippen molar-refractivity contribution in [1.82, 2.24) is 14.7 Å². The summed E-state index contributed by atoms with van der Waals surface area (Å²) in [6.07, 6.45) is 4.37. The van der Waals surface area contributed by atoms with Gasteiger partial charge in [-0.25, -0.2) is 0 Å². The first-order chi connectivity index (χ1) is 12.2. The third-order valence-corrected chi connectivity index (χ3v) is 7.81. The highest BCUT2D eigenvalue weighted by Gasteiger charge is 2.46. The molecule has 0 aromatic carbocycles. The molecule has 1 aliphatic carbocycles. The van der Waals surface area contributed by atoms with Gasteiger partial charge < -0.3 is 0 Å². The molecule has 3 heteroatoms. The Hall–Kier alpha value is -0.120. The van der Waals surface area contributed by atoms with Crippen LogP contribution in [-0.4, -0.2) is 70.6 Å². The van der Waals surface area contributed by atoms with Crippen molar-refractivity contribution in [3.05, 3.63) is 0 Å². The van der Waals surface area contributed by atoms with Crippen LogP contribution in [0.5, 0.6) is 0 Å². The van der Waals surface area contributed by atoms with E-state index in [0.29, 0.717) is 0 Å². The van der Waals surface area contributed by atoms with Gasteiger partial charge in [-0.05, 0) is 78.6 Å². The zero-order valence-corrected chi connectivity index (χ0v) is 18.8. The van der Waals surface area contributed by atoms with Crippen LogP contribution >= 0.6 is 0 Å². The lowest BCUT2D eigenvalue weighted by Gasteiger charge is -2.38. The van der Waals surface area contributed by atoms with Gasteiger partial charge in [-0.15, -0.1) is 0 Å². The lowest BCUT2D eigenvalue weighted by atomic mass is 9.84. The predicted molar refractivity (Wildman–Crippen MR) is 113 cm³/mol. The second kappa shape index (κ2) is 8.09. The Labute approximate surface area is 163 Å². The van der Waals surface area contributed by atoms with Crippen LogP contribution in [0.15, 0.2) is 0 Å². The molecule has 3 aliphatic heterocycles. The maximum atomic E-state index is 2.71. The fraction of sp³-hybridized carbons (Fsp3) is 1.00. The quantitative estimate of drug-likeness (QED) is 0.736. The summed E-state index contributed by atoms with van der Waals surface area (Å²) in [5.41, 5.74) is 0. The van der Waals surface area contributed by atoms with Crippen molar-refractivity contribution in [2.24, 2.45) is 17.8 Å². The minimum atomic E-state index is 0.740. The van der Waals surface area contributed by atoms with E-state index in [-0.39, 0.29) is 0 Å². The van der Waals surface area contributed by atoms with Gasteiger partial charge in [0, 0.05) is 55.9 Å². The maximum absolute atomic E-state index is 2.71. The van der Waals surface area contributed by atoms with Crippen molar-refractivity contribution < 1.29 is 0 Å². The van der Waals surface area contributed by atoms with Crippen molar-refractivity contribution in [3.8, 4) is 0 Å². The maximum Gasteiger partial charge on any atom is 0.0242 e. The Bertz CT molecular complexity index is 376. The molecule has 1 saturated carbocycles. The molecule has 4 bridgehead atoms. The van der Waals surface area contributed by atoms with Crippen LogP contribution < -0.4 is 0 Å². The number of fused-ring (bicyclic) bond motifs is 4. The van der Waals surface area contributed by atoms with Crippen LogP contribution in [0.1, 0.15) is 74.7 Å². The van der Waals surface area contributed by atoms with Gasteiger partial charge in [0.15, 0.2) is 0 Å². The Kier molecular flexibility index (Phi) is 6.41. The molecule has 4 fully saturated rings. The van der Waals surface area contributed by atoms with Crippen LogP contribution in [0.2, 0.25) is 0 Å². The number of nitrogens with zero attached hydrogens (tertiary/aromatic N) is 3. The Morgan fingerprint density at radius 1 is 0.538 bits per heavy atom. The van der Waals surface area contributed by atoms with Gasteiger partial charge in [-0.3, -0.25) is 14.7 Å². The largest absolute Gasteiger partial charge is 0.298 e. The van der Waals surface area contributed by atoms with Gasteiger partial charge >= 0.3 is 0 Å². The Morgan fingerprint density at radius 2 is 1.00 bits per heavy atom. The van der Waals surface area contributed by atoms with E-state index in [9.17, 15) is 0 Å². The number of piperazine rings is 1. The third kappa shape index (κ3) is 4.00. The molecule has 5 atom stereocenters. The summed E-state index contributed by atoms with van der Waals surface area (Å²) < 4.78 is 0. The summed E-state index contributed by atoms with van der Waals surface area (Å²) in [5.74, 6) is 2.96. The van der Waals surface area contributed by atoms with Crippen LogP contribution in [0.3, 0.4) is 0 Å². The summed E-state index contributed by atoms with van der Waals surface area (Å²) in [5, 5.41) is 0. The SMILES string of the molecule is CC(C)C1CC2CC1CN2C(C)C.CC(C)N1CC2CC1CN2C(C)C. The lowest BCUT2D eigenvalue weighted by molar-refractivity contribution is 0.0849. The average Bonchev–Trinajstić information content (AvgIpc) is 3.32. The molecule has 26 heavy (non-hydrogen) atoms. The second-order valence-electron chi connectivity index (χ2n) is 10.7. The molecule has 0 aromatic rings. The topological polar surface area (TPSA) is 9.72 Å². The first kappa shape index (κ1) is 20.6. The van der Waals surface area contributed by atoms with E-state index in [1.807, 2.05) is 0 Å². The van der Waals surface area contributed by atoms with Crippen molar-refractivity contribution >= 4 is 0 Å². The molecule has 0 radical (unpaired) electrons. The molecule has 0 amide bonds. The second-order valence-corrected chi connectivity index (χ2v) is 10.7. The summed E-state index contributed by atoms with van der Waals surface area (Å²) in [7, 11) is 0. The fourth-order valence-electron chi connectivity index (χ4n) is 6.47. The predicted octanol–water partition coefficient (Wildman–Crippen LogP) is 4.32. The van der Waals surface area contributed by atoms with Crippen LogP contribution in [0, 0.1) is 17.8 Å². The van der Waals surface area contributed by atoms with Crippen molar-refractivity contribution in [3.63, 3.8) is 0 Å². The highest BCUT2D eigenvalue weighted by atomic mass is 15.4. The van der Waals surface area contributed by atoms with E-state index in [0.717, 1.165) is 54.0 Å². The third-order valence-electron chi connectivity index (χ3n) is 7.81. The molecule has 5 unspecified atom stereocenters. The van der Waals surface area contributed by atoms with E-state index < -0.39 is 0 Å². The van der Waals surface area contributed by atoms with Gasteiger partial charge in [0.1, 0.15) is 0 Å². The first-order valence-electron chi connectivity index (χ1n) is 11.5. The zero-order chi connectivity index (χ0) is 19.2. The summed E-state index contributed by atoms with van der Waals surface area (Å²) in [4.78, 5) is 8.05. The molecule has 3 nitrogen and oxygen atoms in total. The standard InChI is InChI=1S/C12H23N.C11H22N2/c2*1-8(2)12-6-11-5-10(12)7-13(11)9(3)4/h8-12H,5-7H2,1-4H3;8-11H,5-7H2,1-4H3. The lowest BCUT2D eigenvalue weighted by Crippen LogP contribution is -2.50. The molecular weight excluding hydrogens is 318 g/mol. The van der Waals surface area contributed by atoms with Crippen molar-refractivity contribution in [2.75, 3.05) is 19.6 Å². The fourth-order valence-corrected chi connectivity index (χ4v) is 6.47. The van der Waals surface area contributed by atoms with Gasteiger partial charge in [0.05, 0.1) is 0 Å². The number of likely N-dealkylation sites (tertiary alicyclic amines) is 3. The van der Waals surface area contributed by atoms with Crippen molar-refractivity contribution in [1.29, 1.82) is 0 Å². The van der Waals surface area contributed by atoms with Gasteiger partial charge in [-0.2, -0.15) is 0 Å². The minimum absolute atomic E-state index is 0.740. The number of hydrogen-bond donors (Lipinski definition) is 0. The number of rotatable bonds is 4. The highest BCUT2D eigenvalue weighted by molar-refractivity contribution is 5.01. The smallest absolute Gasteiger partial charge is 0.0242 e. The van der Waals surface area contributed by atoms with Gasteiger partial charge in [0.2, 0.25) is 0 Å². The van der Waals surface area contributed by atoms with E-state index in [1.54, 1.807) is 0 Å². The van der Waals surface area contributed by atoms with Crippen LogP contribution in [0.4, 0.5) is 0 Å². The number of hydrogen-bond acceptors (Lipinski definition) is 3. The summed E-state index contributed by atoms with van der Waals surface area (Å²) in [6.45, 7) is 22.7. The first-order valence-corrected chi connectivity index (χ1v) is 11.5. The minimum Gasteiger partial charge on any atom is -0.298 e. The average molecular weight is 364 g/mol. The monoisotopic (exact) mass is 363 g/mol. The highest BCUT2D eigenvalue weighted by Crippen LogP contribution is 2.45.